The molecule has 0 amide bonds. The molecule has 26 heavy (non-hydrogen) atoms. The highest BCUT2D eigenvalue weighted by molar-refractivity contribution is 5.19. The Bertz CT molecular complexity index is 714. The first-order valence-electron chi connectivity index (χ1n) is 9.07. The standard InChI is InChI=1S/C23H25NO2/c25-22(20-9-3-1-4-10-20)15-19(14-18-8-7-13-24-17-18)16-23(26)21-11-5-2-6-12-21/h1-13,17,19,22-23,25-26H,14-16H2/t22-,23-/m1/s1. The zero-order chi connectivity index (χ0) is 18.2. The molecule has 2 atom stereocenters. The SMILES string of the molecule is O[C@H](CC(Cc1cccnc1)C[C@@H](O)c1ccccc1)c1ccccc1. The molecule has 134 valence electrons. The van der Waals surface area contributed by atoms with Gasteiger partial charge in [-0.15, -0.1) is 0 Å². The van der Waals surface area contributed by atoms with Gasteiger partial charge in [-0.2, -0.15) is 0 Å². The third-order valence-electron chi connectivity index (χ3n) is 4.73. The largest absolute Gasteiger partial charge is 0.388 e. The van der Waals surface area contributed by atoms with Crippen molar-refractivity contribution in [3.05, 3.63) is 102 Å². The molecule has 0 spiro atoms. The van der Waals surface area contributed by atoms with Gasteiger partial charge in [-0.1, -0.05) is 66.7 Å². The monoisotopic (exact) mass is 347 g/mol. The summed E-state index contributed by atoms with van der Waals surface area (Å²) in [5.74, 6) is 0.143. The second-order valence-electron chi connectivity index (χ2n) is 6.76. The molecule has 0 saturated carbocycles. The van der Waals surface area contributed by atoms with Crippen LogP contribution >= 0.6 is 0 Å². The first-order valence-corrected chi connectivity index (χ1v) is 9.07. The molecule has 0 aliphatic heterocycles. The summed E-state index contributed by atoms with van der Waals surface area (Å²) in [6, 6.07) is 23.4. The van der Waals surface area contributed by atoms with Crippen LogP contribution in [-0.4, -0.2) is 15.2 Å². The van der Waals surface area contributed by atoms with Crippen molar-refractivity contribution in [2.45, 2.75) is 31.5 Å². The summed E-state index contributed by atoms with van der Waals surface area (Å²) in [7, 11) is 0. The first kappa shape index (κ1) is 18.3. The fourth-order valence-electron chi connectivity index (χ4n) is 3.37. The van der Waals surface area contributed by atoms with E-state index in [1.165, 1.54) is 0 Å². The zero-order valence-corrected chi connectivity index (χ0v) is 14.8. The normalized spacial score (nSPS) is 13.5. The molecule has 0 bridgehead atoms. The third-order valence-corrected chi connectivity index (χ3v) is 4.73. The van der Waals surface area contributed by atoms with Gasteiger partial charge in [0.05, 0.1) is 12.2 Å². The molecule has 0 aliphatic carbocycles. The number of benzene rings is 2. The number of pyridine rings is 1. The Labute approximate surface area is 155 Å². The fraction of sp³-hybridized carbons (Fsp3) is 0.261. The second-order valence-corrected chi connectivity index (χ2v) is 6.76. The van der Waals surface area contributed by atoms with Crippen LogP contribution in [0.5, 0.6) is 0 Å². The Morgan fingerprint density at radius 1 is 0.692 bits per heavy atom. The Balaban J connectivity index is 1.73. The van der Waals surface area contributed by atoms with E-state index in [2.05, 4.69) is 4.98 Å². The van der Waals surface area contributed by atoms with Crippen LogP contribution in [0.3, 0.4) is 0 Å². The molecule has 1 aromatic heterocycles. The van der Waals surface area contributed by atoms with Crippen molar-refractivity contribution in [2.75, 3.05) is 0 Å². The fourth-order valence-corrected chi connectivity index (χ4v) is 3.37. The molecule has 0 fully saturated rings. The molecule has 3 aromatic rings. The van der Waals surface area contributed by atoms with E-state index in [9.17, 15) is 10.2 Å². The van der Waals surface area contributed by atoms with Gasteiger partial charge in [-0.3, -0.25) is 4.98 Å². The van der Waals surface area contributed by atoms with Crippen LogP contribution in [0.2, 0.25) is 0 Å². The summed E-state index contributed by atoms with van der Waals surface area (Å²) in [5, 5.41) is 21.3. The number of nitrogens with zero attached hydrogens (tertiary/aromatic N) is 1. The molecule has 3 rings (SSSR count). The van der Waals surface area contributed by atoms with E-state index in [-0.39, 0.29) is 5.92 Å². The molecule has 1 heterocycles. The molecule has 2 aromatic carbocycles. The van der Waals surface area contributed by atoms with Gasteiger partial charge in [-0.05, 0) is 47.9 Å². The van der Waals surface area contributed by atoms with Crippen LogP contribution in [0.4, 0.5) is 0 Å². The van der Waals surface area contributed by atoms with Crippen molar-refractivity contribution >= 4 is 0 Å². The van der Waals surface area contributed by atoms with Gasteiger partial charge in [0.2, 0.25) is 0 Å². The van der Waals surface area contributed by atoms with Crippen LogP contribution in [0.1, 0.15) is 41.7 Å². The molecule has 0 radical (unpaired) electrons. The van der Waals surface area contributed by atoms with Gasteiger partial charge in [0.15, 0.2) is 0 Å². The summed E-state index contributed by atoms with van der Waals surface area (Å²) in [6.07, 6.45) is 4.52. The van der Waals surface area contributed by atoms with Crippen LogP contribution in [0.15, 0.2) is 85.2 Å². The van der Waals surface area contributed by atoms with Crippen molar-refractivity contribution in [3.63, 3.8) is 0 Å². The molecule has 2 N–H and O–H groups in total. The topological polar surface area (TPSA) is 53.4 Å². The van der Waals surface area contributed by atoms with Gasteiger partial charge < -0.3 is 10.2 Å². The average molecular weight is 347 g/mol. The highest BCUT2D eigenvalue weighted by Gasteiger charge is 2.21. The molecular weight excluding hydrogens is 322 g/mol. The highest BCUT2D eigenvalue weighted by Crippen LogP contribution is 2.30. The second kappa shape index (κ2) is 9.27. The summed E-state index contributed by atoms with van der Waals surface area (Å²) in [4.78, 5) is 4.19. The van der Waals surface area contributed by atoms with Crippen molar-refractivity contribution in [1.29, 1.82) is 0 Å². The molecule has 0 aliphatic rings. The van der Waals surface area contributed by atoms with Crippen LogP contribution in [0.25, 0.3) is 0 Å². The molecular formula is C23H25NO2. The molecule has 3 heteroatoms. The molecule has 0 saturated heterocycles. The van der Waals surface area contributed by atoms with E-state index in [1.807, 2.05) is 79.0 Å². The van der Waals surface area contributed by atoms with Crippen molar-refractivity contribution in [3.8, 4) is 0 Å². The van der Waals surface area contributed by atoms with Crippen LogP contribution < -0.4 is 0 Å². The predicted octanol–water partition coefficient (Wildman–Crippen LogP) is 4.49. The van der Waals surface area contributed by atoms with E-state index >= 15 is 0 Å². The average Bonchev–Trinajstić information content (AvgIpc) is 2.70. The van der Waals surface area contributed by atoms with Crippen LogP contribution in [0, 0.1) is 5.92 Å². The van der Waals surface area contributed by atoms with Gasteiger partial charge in [-0.25, -0.2) is 0 Å². The smallest absolute Gasteiger partial charge is 0.0792 e. The first-order chi connectivity index (χ1) is 12.7. The Morgan fingerprint density at radius 2 is 1.23 bits per heavy atom. The summed E-state index contributed by atoms with van der Waals surface area (Å²) >= 11 is 0. The van der Waals surface area contributed by atoms with E-state index in [1.54, 1.807) is 6.20 Å². The number of aliphatic hydroxyl groups excluding tert-OH is 2. The number of aromatic nitrogens is 1. The van der Waals surface area contributed by atoms with Crippen molar-refractivity contribution in [2.24, 2.45) is 5.92 Å². The van der Waals surface area contributed by atoms with Gasteiger partial charge in [0.1, 0.15) is 0 Å². The predicted molar refractivity (Wildman–Crippen MR) is 103 cm³/mol. The summed E-state index contributed by atoms with van der Waals surface area (Å²) in [6.45, 7) is 0. The maximum Gasteiger partial charge on any atom is 0.0792 e. The summed E-state index contributed by atoms with van der Waals surface area (Å²) in [5.41, 5.74) is 2.95. The van der Waals surface area contributed by atoms with Gasteiger partial charge in [0.25, 0.3) is 0 Å². The minimum atomic E-state index is -0.541. The van der Waals surface area contributed by atoms with E-state index < -0.39 is 12.2 Å². The third kappa shape index (κ3) is 5.25. The van der Waals surface area contributed by atoms with E-state index in [0.717, 1.165) is 23.1 Å². The lowest BCUT2D eigenvalue weighted by atomic mass is 9.86. The van der Waals surface area contributed by atoms with E-state index in [0.29, 0.717) is 12.8 Å². The number of hydrogen-bond donors (Lipinski definition) is 2. The highest BCUT2D eigenvalue weighted by atomic mass is 16.3. The Morgan fingerprint density at radius 3 is 1.69 bits per heavy atom. The maximum atomic E-state index is 10.7. The van der Waals surface area contributed by atoms with Crippen LogP contribution in [-0.2, 0) is 6.42 Å². The lowest BCUT2D eigenvalue weighted by Crippen LogP contribution is -2.14. The minimum absolute atomic E-state index is 0.143. The number of aliphatic hydroxyl groups is 2. The Kier molecular flexibility index (Phi) is 6.53. The quantitative estimate of drug-likeness (QED) is 0.631. The van der Waals surface area contributed by atoms with Crippen molar-refractivity contribution in [1.82, 2.24) is 4.98 Å². The van der Waals surface area contributed by atoms with Gasteiger partial charge in [0, 0.05) is 12.4 Å². The lowest BCUT2D eigenvalue weighted by molar-refractivity contribution is 0.103. The van der Waals surface area contributed by atoms with E-state index in [4.69, 9.17) is 0 Å². The molecule has 0 unspecified atom stereocenters. The lowest BCUT2D eigenvalue weighted by Gasteiger charge is -2.23. The minimum Gasteiger partial charge on any atom is -0.388 e. The van der Waals surface area contributed by atoms with Crippen molar-refractivity contribution < 1.29 is 10.2 Å². The maximum absolute atomic E-state index is 10.7. The Hall–Kier alpha value is -2.49. The number of rotatable bonds is 8. The zero-order valence-electron chi connectivity index (χ0n) is 14.8. The van der Waals surface area contributed by atoms with Gasteiger partial charge >= 0.3 is 0 Å². The molecule has 3 nitrogen and oxygen atoms in total. The number of hydrogen-bond acceptors (Lipinski definition) is 3. The summed E-state index contributed by atoms with van der Waals surface area (Å²) < 4.78 is 0.